The molecule has 0 bridgehead atoms. The lowest BCUT2D eigenvalue weighted by atomic mass is 9.97. The first-order valence-corrected chi connectivity index (χ1v) is 8.75. The second-order valence-corrected chi connectivity index (χ2v) is 7.66. The third-order valence-electron chi connectivity index (χ3n) is 3.05. The van der Waals surface area contributed by atoms with E-state index in [1.165, 1.54) is 0 Å². The molecule has 1 unspecified atom stereocenters. The van der Waals surface area contributed by atoms with E-state index in [-0.39, 0.29) is 0 Å². The molecule has 0 heterocycles. The normalized spacial score (nSPS) is 17.4. The van der Waals surface area contributed by atoms with Gasteiger partial charge in [0.2, 0.25) is 11.1 Å². The molecule has 0 spiro atoms. The van der Waals surface area contributed by atoms with Crippen molar-refractivity contribution >= 4 is 21.2 Å². The maximum atomic E-state index is 13.2. The number of rotatable bonds is 10. The van der Waals surface area contributed by atoms with Crippen LogP contribution in [0.1, 0.15) is 0 Å². The van der Waals surface area contributed by atoms with E-state index in [1.807, 2.05) is 0 Å². The average Bonchev–Trinajstić information content (AvgIpc) is 2.51. The second kappa shape index (κ2) is 7.69. The zero-order valence-corrected chi connectivity index (χ0v) is 15.0. The van der Waals surface area contributed by atoms with Gasteiger partial charge in [-0.15, -0.1) is 0 Å². The van der Waals surface area contributed by atoms with Crippen molar-refractivity contribution in [1.29, 1.82) is 0 Å². The van der Waals surface area contributed by atoms with E-state index in [2.05, 4.69) is 0 Å². The smallest absolute Gasteiger partial charge is 0.301 e. The van der Waals surface area contributed by atoms with Crippen LogP contribution in [0.4, 0.5) is 70.2 Å². The molecule has 6 nitrogen and oxygen atoms in total. The number of halogens is 16. The van der Waals surface area contributed by atoms with Crippen molar-refractivity contribution in [2.24, 2.45) is 0 Å². The third kappa shape index (κ3) is 4.11. The predicted molar refractivity (Wildman–Crippen MR) is 63.0 cm³/mol. The summed E-state index contributed by atoms with van der Waals surface area (Å²) in [5, 5.41) is -14.7. The van der Waals surface area contributed by atoms with Gasteiger partial charge in [-0.25, -0.2) is 8.95 Å². The topological polar surface area (TPSA) is 101 Å². The molecular weight excluding hydrogens is 560 g/mol. The maximum Gasteiger partial charge on any atom is 0.460 e. The Bertz CT molecular complexity index is 851. The van der Waals surface area contributed by atoms with Gasteiger partial charge in [0.05, 0.1) is 0 Å². The van der Waals surface area contributed by atoms with E-state index in [9.17, 15) is 82.9 Å². The van der Waals surface area contributed by atoms with Gasteiger partial charge in [-0.3, -0.25) is 4.55 Å². The van der Waals surface area contributed by atoms with E-state index < -0.39 is 67.6 Å². The van der Waals surface area contributed by atoms with Crippen LogP contribution in [-0.4, -0.2) is 68.1 Å². The third-order valence-corrected chi connectivity index (χ3v) is 4.63. The first kappa shape index (κ1) is 30.9. The van der Waals surface area contributed by atoms with Crippen LogP contribution in [0.5, 0.6) is 0 Å². The number of ether oxygens (including phenoxy) is 1. The Hall–Kier alpha value is -1.14. The molecule has 24 heteroatoms. The van der Waals surface area contributed by atoms with Gasteiger partial charge in [-0.1, -0.05) is 0 Å². The van der Waals surface area contributed by atoms with Crippen molar-refractivity contribution in [3.63, 3.8) is 0 Å². The van der Waals surface area contributed by atoms with Crippen molar-refractivity contribution in [2.75, 3.05) is 0 Å². The molecule has 0 fully saturated rings. The summed E-state index contributed by atoms with van der Waals surface area (Å²) in [5.41, 5.74) is 0. The van der Waals surface area contributed by atoms with E-state index in [0.29, 0.717) is 0 Å². The molecule has 32 heavy (non-hydrogen) atoms. The summed E-state index contributed by atoms with van der Waals surface area (Å²) in [4.78, 5) is 0. The van der Waals surface area contributed by atoms with Crippen LogP contribution < -0.4 is 0 Å². The number of hydrogen-bond donors (Lipinski definition) is 2. The van der Waals surface area contributed by atoms with Gasteiger partial charge in [0.25, 0.3) is 0 Å². The zero-order valence-electron chi connectivity index (χ0n) is 13.4. The minimum absolute atomic E-state index is 1.15. The summed E-state index contributed by atoms with van der Waals surface area (Å²) < 4.78 is 254. The Balaban J connectivity index is 6.67. The standard InChI is InChI=1S/C8H2F16O6S2/c9-1(10,2(11,12)4(15,16)7(21,22)31(25)26)3(13,14)5(17,18)30-6(19,20)8(23,24)32(27,28)29/h(H,25,26)(H,27,28,29). The Morgan fingerprint density at radius 1 is 0.594 bits per heavy atom. The van der Waals surface area contributed by atoms with Crippen molar-refractivity contribution in [2.45, 2.75) is 46.4 Å². The van der Waals surface area contributed by atoms with E-state index in [0.717, 1.165) is 4.74 Å². The molecule has 0 aliphatic rings. The van der Waals surface area contributed by atoms with Crippen LogP contribution in [0.15, 0.2) is 0 Å². The molecule has 0 aromatic rings. The van der Waals surface area contributed by atoms with Gasteiger partial charge in [0, 0.05) is 0 Å². The van der Waals surface area contributed by atoms with Gasteiger partial charge in [-0.2, -0.15) is 78.7 Å². The highest BCUT2D eigenvalue weighted by Crippen LogP contribution is 2.61. The average molecular weight is 562 g/mol. The molecule has 0 aliphatic heterocycles. The fourth-order valence-electron chi connectivity index (χ4n) is 1.30. The van der Waals surface area contributed by atoms with Crippen LogP contribution in [0, 0.1) is 0 Å². The molecule has 0 aromatic heterocycles. The summed E-state index contributed by atoms with van der Waals surface area (Å²) >= 11 is -5.59. The molecule has 0 radical (unpaired) electrons. The second-order valence-electron chi connectivity index (χ2n) is 5.19. The van der Waals surface area contributed by atoms with Gasteiger partial charge >= 0.3 is 56.5 Å². The summed E-state index contributed by atoms with van der Waals surface area (Å²) in [5.74, 6) is -33.9. The SMILES string of the molecule is O=S(O)C(F)(F)C(F)(F)C(F)(F)C(F)(F)C(F)(F)C(F)(F)OC(F)(F)C(F)(F)S(=O)(=O)O. The van der Waals surface area contributed by atoms with E-state index in [4.69, 9.17) is 9.11 Å². The number of alkyl halides is 16. The molecule has 194 valence electrons. The molecule has 0 aromatic carbocycles. The van der Waals surface area contributed by atoms with E-state index in [1.54, 1.807) is 0 Å². The first-order chi connectivity index (χ1) is 13.4. The van der Waals surface area contributed by atoms with Crippen molar-refractivity contribution in [3.8, 4) is 0 Å². The number of hydrogen-bond acceptors (Lipinski definition) is 4. The Labute approximate surface area is 165 Å². The molecule has 1 atom stereocenters. The van der Waals surface area contributed by atoms with E-state index >= 15 is 0 Å². The highest BCUT2D eigenvalue weighted by atomic mass is 32.2. The predicted octanol–water partition coefficient (Wildman–Crippen LogP) is 4.02. The summed E-state index contributed by atoms with van der Waals surface area (Å²) in [6.07, 6.45) is -15.9. The van der Waals surface area contributed by atoms with Gasteiger partial charge in [-0.05, 0) is 0 Å². The molecule has 0 rings (SSSR count). The molecule has 2 N–H and O–H groups in total. The monoisotopic (exact) mass is 562 g/mol. The zero-order chi connectivity index (χ0) is 26.8. The lowest BCUT2D eigenvalue weighted by molar-refractivity contribution is -0.498. The van der Waals surface area contributed by atoms with Crippen LogP contribution in [0.25, 0.3) is 0 Å². The Morgan fingerprint density at radius 2 is 0.906 bits per heavy atom. The van der Waals surface area contributed by atoms with Crippen LogP contribution in [0.3, 0.4) is 0 Å². The summed E-state index contributed by atoms with van der Waals surface area (Å²) in [7, 11) is -7.60. The largest absolute Gasteiger partial charge is 0.460 e. The quantitative estimate of drug-likeness (QED) is 0.237. The highest BCUT2D eigenvalue weighted by molar-refractivity contribution is 7.87. The van der Waals surface area contributed by atoms with Crippen molar-refractivity contribution in [1.82, 2.24) is 0 Å². The van der Waals surface area contributed by atoms with Crippen molar-refractivity contribution < 1.29 is 96.7 Å². The lowest BCUT2D eigenvalue weighted by Crippen LogP contribution is -2.72. The molecule has 0 saturated heterocycles. The van der Waals surface area contributed by atoms with Crippen molar-refractivity contribution in [3.05, 3.63) is 0 Å². The first-order valence-electron chi connectivity index (χ1n) is 6.21. The minimum atomic E-state index is -8.68. The van der Waals surface area contributed by atoms with Gasteiger partial charge in [0.1, 0.15) is 0 Å². The van der Waals surface area contributed by atoms with Gasteiger partial charge < -0.3 is 4.55 Å². The Kier molecular flexibility index (Phi) is 7.42. The lowest BCUT2D eigenvalue weighted by Gasteiger charge is -2.40. The van der Waals surface area contributed by atoms with Crippen LogP contribution >= 0.6 is 0 Å². The molecule has 0 aliphatic carbocycles. The van der Waals surface area contributed by atoms with Gasteiger partial charge in [0.15, 0.2) is 0 Å². The van der Waals surface area contributed by atoms with Crippen LogP contribution in [-0.2, 0) is 25.9 Å². The fraction of sp³-hybridized carbons (Fsp3) is 1.00. The minimum Gasteiger partial charge on any atom is -0.301 e. The fourth-order valence-corrected chi connectivity index (χ4v) is 1.99. The Morgan fingerprint density at radius 3 is 1.19 bits per heavy atom. The highest BCUT2D eigenvalue weighted by Gasteiger charge is 2.92. The molecule has 0 amide bonds. The molecular formula is C8H2F16O6S2. The maximum absolute atomic E-state index is 13.2. The van der Waals surface area contributed by atoms with Crippen LogP contribution in [0.2, 0.25) is 0 Å². The summed E-state index contributed by atoms with van der Waals surface area (Å²) in [6.45, 7) is 0. The molecule has 0 saturated carbocycles. The summed E-state index contributed by atoms with van der Waals surface area (Å²) in [6, 6.07) is 0.